The first kappa shape index (κ1) is 13.3. The zero-order valence-electron chi connectivity index (χ0n) is 8.13. The Kier molecular flexibility index (Phi) is 3.64. The van der Waals surface area contributed by atoms with Gasteiger partial charge in [0, 0.05) is 11.8 Å². The summed E-state index contributed by atoms with van der Waals surface area (Å²) in [6.45, 7) is 0. The van der Waals surface area contributed by atoms with Crippen LogP contribution in [0.25, 0.3) is 0 Å². The zero-order valence-corrected chi connectivity index (χ0v) is 8.13. The molecule has 0 amide bonds. The molecule has 17 heavy (non-hydrogen) atoms. The normalized spacial score (nSPS) is 11.9. The number of hydrogen-bond acceptors (Lipinski definition) is 2. The molecule has 0 radical (unpaired) electrons. The van der Waals surface area contributed by atoms with Crippen LogP contribution in [0, 0.1) is 0 Å². The third-order valence-corrected chi connectivity index (χ3v) is 1.88. The minimum atomic E-state index is -4.79. The second-order valence-electron chi connectivity index (χ2n) is 3.13. The van der Waals surface area contributed by atoms with E-state index in [-0.39, 0.29) is 6.07 Å². The van der Waals surface area contributed by atoms with Crippen LogP contribution in [0.1, 0.15) is 23.2 Å². The van der Waals surface area contributed by atoms with Crippen LogP contribution in [-0.2, 0) is 17.4 Å². The Labute approximate surface area is 91.9 Å². The summed E-state index contributed by atoms with van der Waals surface area (Å²) in [4.78, 5) is 13.4. The van der Waals surface area contributed by atoms with Crippen molar-refractivity contribution < 1.29 is 31.9 Å². The molecule has 0 fully saturated rings. The fraction of sp³-hybridized carbons (Fsp3) is 0.333. The molecule has 0 aliphatic rings. The predicted octanol–water partition coefficient (Wildman–Crippen LogP) is 2.67. The van der Waals surface area contributed by atoms with E-state index < -0.39 is 41.8 Å². The molecule has 0 aliphatic carbocycles. The summed E-state index contributed by atoms with van der Waals surface area (Å²) >= 11 is 0. The second kappa shape index (κ2) is 4.64. The van der Waals surface area contributed by atoms with E-state index in [4.69, 9.17) is 5.11 Å². The lowest BCUT2D eigenvalue weighted by Gasteiger charge is -2.11. The molecule has 8 heteroatoms. The van der Waals surface area contributed by atoms with Crippen LogP contribution in [0.2, 0.25) is 0 Å². The lowest BCUT2D eigenvalue weighted by Crippen LogP contribution is -2.11. The molecule has 0 spiro atoms. The van der Waals surface area contributed by atoms with Gasteiger partial charge in [0.25, 0.3) is 6.43 Å². The van der Waals surface area contributed by atoms with E-state index in [1.807, 2.05) is 0 Å². The van der Waals surface area contributed by atoms with Crippen molar-refractivity contribution >= 4 is 5.97 Å². The predicted molar refractivity (Wildman–Crippen MR) is 45.5 cm³/mol. The summed E-state index contributed by atoms with van der Waals surface area (Å²) in [5.41, 5.74) is -2.91. The molecule has 0 saturated heterocycles. The third-order valence-electron chi connectivity index (χ3n) is 1.88. The van der Waals surface area contributed by atoms with Gasteiger partial charge < -0.3 is 5.11 Å². The van der Waals surface area contributed by atoms with E-state index in [0.29, 0.717) is 6.20 Å². The van der Waals surface area contributed by atoms with Crippen molar-refractivity contribution in [1.29, 1.82) is 0 Å². The molecule has 1 N–H and O–H groups in total. The molecular weight excluding hydrogens is 249 g/mol. The molecule has 94 valence electrons. The number of hydrogen-bond donors (Lipinski definition) is 1. The fourth-order valence-electron chi connectivity index (χ4n) is 1.15. The number of rotatable bonds is 3. The highest BCUT2D eigenvalue weighted by Gasteiger charge is 2.32. The van der Waals surface area contributed by atoms with E-state index in [1.54, 1.807) is 0 Å². The highest BCUT2D eigenvalue weighted by molar-refractivity contribution is 5.70. The van der Waals surface area contributed by atoms with Crippen LogP contribution >= 0.6 is 0 Å². The molecule has 1 heterocycles. The molecule has 0 aromatic carbocycles. The molecule has 0 bridgehead atoms. The largest absolute Gasteiger partial charge is 0.481 e. The third kappa shape index (κ3) is 3.36. The Bertz CT molecular complexity index is 430. The van der Waals surface area contributed by atoms with E-state index >= 15 is 0 Å². The van der Waals surface area contributed by atoms with Crippen molar-refractivity contribution in [2.45, 2.75) is 19.0 Å². The lowest BCUT2D eigenvalue weighted by molar-refractivity contribution is -0.138. The van der Waals surface area contributed by atoms with Gasteiger partial charge in [0.15, 0.2) is 0 Å². The molecule has 0 aliphatic heterocycles. The van der Waals surface area contributed by atoms with Gasteiger partial charge in [-0.05, 0) is 6.07 Å². The Morgan fingerprint density at radius 1 is 1.41 bits per heavy atom. The molecule has 1 rings (SSSR count). The Hall–Kier alpha value is -1.73. The highest BCUT2D eigenvalue weighted by Crippen LogP contribution is 2.32. The van der Waals surface area contributed by atoms with Gasteiger partial charge in [-0.1, -0.05) is 0 Å². The number of nitrogens with zero attached hydrogens (tertiary/aromatic N) is 1. The standard InChI is InChI=1S/C9H6F5NO2/c10-8(11)5-1-4(9(12,13)14)3-15-6(5)2-7(16)17/h1,3,8H,2H2,(H,16,17). The van der Waals surface area contributed by atoms with Crippen LogP contribution < -0.4 is 0 Å². The quantitative estimate of drug-likeness (QED) is 0.845. The molecular formula is C9H6F5NO2. The van der Waals surface area contributed by atoms with Crippen LogP contribution in [0.4, 0.5) is 22.0 Å². The minimum Gasteiger partial charge on any atom is -0.481 e. The van der Waals surface area contributed by atoms with E-state index in [0.717, 1.165) is 0 Å². The minimum absolute atomic E-state index is 0.218. The van der Waals surface area contributed by atoms with Crippen molar-refractivity contribution in [2.24, 2.45) is 0 Å². The summed E-state index contributed by atoms with van der Waals surface area (Å²) in [7, 11) is 0. The highest BCUT2D eigenvalue weighted by atomic mass is 19.4. The van der Waals surface area contributed by atoms with Crippen LogP contribution in [-0.4, -0.2) is 16.1 Å². The Balaban J connectivity index is 3.22. The summed E-state index contributed by atoms with van der Waals surface area (Å²) in [6, 6.07) is 0.218. The molecule has 1 aromatic heterocycles. The first-order chi connectivity index (χ1) is 7.71. The fourth-order valence-corrected chi connectivity index (χ4v) is 1.15. The van der Waals surface area contributed by atoms with Crippen molar-refractivity contribution in [2.75, 3.05) is 0 Å². The SMILES string of the molecule is O=C(O)Cc1ncc(C(F)(F)F)cc1C(F)F. The maximum atomic E-state index is 12.4. The number of aromatic nitrogens is 1. The topological polar surface area (TPSA) is 50.2 Å². The number of halogens is 5. The first-order valence-electron chi connectivity index (χ1n) is 4.27. The zero-order chi connectivity index (χ0) is 13.2. The van der Waals surface area contributed by atoms with Gasteiger partial charge in [0.05, 0.1) is 17.7 Å². The van der Waals surface area contributed by atoms with Crippen LogP contribution in [0.15, 0.2) is 12.3 Å². The van der Waals surface area contributed by atoms with Gasteiger partial charge in [0.1, 0.15) is 0 Å². The molecule has 0 saturated carbocycles. The second-order valence-corrected chi connectivity index (χ2v) is 3.13. The maximum Gasteiger partial charge on any atom is 0.417 e. The van der Waals surface area contributed by atoms with Crippen molar-refractivity contribution in [3.8, 4) is 0 Å². The monoisotopic (exact) mass is 255 g/mol. The van der Waals surface area contributed by atoms with Crippen molar-refractivity contribution in [3.05, 3.63) is 29.1 Å². The number of carboxylic acid groups (broad SMARTS) is 1. The molecule has 1 aromatic rings. The van der Waals surface area contributed by atoms with Crippen LogP contribution in [0.3, 0.4) is 0 Å². The average Bonchev–Trinajstić information content (AvgIpc) is 2.15. The summed E-state index contributed by atoms with van der Waals surface area (Å²) in [5.74, 6) is -1.45. The maximum absolute atomic E-state index is 12.4. The van der Waals surface area contributed by atoms with Crippen molar-refractivity contribution in [3.63, 3.8) is 0 Å². The van der Waals surface area contributed by atoms with Gasteiger partial charge >= 0.3 is 12.1 Å². The van der Waals surface area contributed by atoms with Crippen LogP contribution in [0.5, 0.6) is 0 Å². The number of carbonyl (C=O) groups is 1. The van der Waals surface area contributed by atoms with E-state index in [1.165, 1.54) is 0 Å². The van der Waals surface area contributed by atoms with Gasteiger partial charge in [-0.2, -0.15) is 13.2 Å². The average molecular weight is 255 g/mol. The van der Waals surface area contributed by atoms with Gasteiger partial charge in [0.2, 0.25) is 0 Å². The van der Waals surface area contributed by atoms with Gasteiger partial charge in [-0.3, -0.25) is 9.78 Å². The van der Waals surface area contributed by atoms with E-state index in [2.05, 4.69) is 4.98 Å². The molecule has 0 atom stereocenters. The number of pyridine rings is 1. The van der Waals surface area contributed by atoms with Gasteiger partial charge in [-0.15, -0.1) is 0 Å². The number of alkyl halides is 5. The molecule has 0 unspecified atom stereocenters. The smallest absolute Gasteiger partial charge is 0.417 e. The Morgan fingerprint density at radius 2 is 2.00 bits per heavy atom. The Morgan fingerprint density at radius 3 is 2.41 bits per heavy atom. The molecule has 3 nitrogen and oxygen atoms in total. The van der Waals surface area contributed by atoms with Crippen molar-refractivity contribution in [1.82, 2.24) is 4.98 Å². The summed E-state index contributed by atoms with van der Waals surface area (Å²) in [5, 5.41) is 8.40. The number of carboxylic acids is 1. The summed E-state index contributed by atoms with van der Waals surface area (Å²) < 4.78 is 61.6. The number of aliphatic carboxylic acids is 1. The summed E-state index contributed by atoms with van der Waals surface area (Å²) in [6.07, 6.45) is -8.51. The lowest BCUT2D eigenvalue weighted by atomic mass is 10.1. The van der Waals surface area contributed by atoms with E-state index in [9.17, 15) is 26.7 Å². The first-order valence-corrected chi connectivity index (χ1v) is 4.27. The van der Waals surface area contributed by atoms with Gasteiger partial charge in [-0.25, -0.2) is 8.78 Å².